The Morgan fingerprint density at radius 2 is 0.901 bits per heavy atom. The number of hydrogen-bond acceptors (Lipinski definition) is 10. The minimum absolute atomic E-state index is 0.00347. The molecule has 0 aromatic heterocycles. The summed E-state index contributed by atoms with van der Waals surface area (Å²) in [5.74, 6) is -0.195. The second-order valence-electron chi connectivity index (χ2n) is 21.1. The molecule has 0 bridgehead atoms. The SMILES string of the molecule is CCCCCCCCC/C=C/C(O)C(COC1OC(CO)C(O)C(O)C1O)NC(=O)CCCCCCCCC/C=C\CCCCCCCCCCCCOC(=O)CCCCCCCCCCCCCCC. The molecule has 1 fully saturated rings. The van der Waals surface area contributed by atoms with Gasteiger partial charge in [0.05, 0.1) is 32.0 Å². The molecule has 0 aliphatic carbocycles. The van der Waals surface area contributed by atoms with Crippen LogP contribution in [0.25, 0.3) is 0 Å². The first-order valence-electron chi connectivity index (χ1n) is 30.1. The highest BCUT2D eigenvalue weighted by Gasteiger charge is 2.44. The van der Waals surface area contributed by atoms with Crippen molar-refractivity contribution in [1.82, 2.24) is 5.32 Å². The van der Waals surface area contributed by atoms with Crippen molar-refractivity contribution in [3.05, 3.63) is 24.3 Å². The third-order valence-electron chi connectivity index (χ3n) is 14.3. The molecular formula is C60H113NO10. The summed E-state index contributed by atoms with van der Waals surface area (Å²) in [6, 6.07) is -0.813. The molecule has 418 valence electrons. The molecule has 1 aliphatic heterocycles. The van der Waals surface area contributed by atoms with Gasteiger partial charge in [0.2, 0.25) is 5.91 Å². The van der Waals surface area contributed by atoms with E-state index in [0.717, 1.165) is 77.0 Å². The predicted octanol–water partition coefficient (Wildman–Crippen LogP) is 13.7. The number of carbonyl (C=O) groups excluding carboxylic acids is 2. The highest BCUT2D eigenvalue weighted by molar-refractivity contribution is 5.76. The summed E-state index contributed by atoms with van der Waals surface area (Å²) in [5, 5.41) is 54.2. The molecule has 0 aromatic rings. The van der Waals surface area contributed by atoms with Crippen LogP contribution >= 0.6 is 0 Å². The van der Waals surface area contributed by atoms with E-state index in [-0.39, 0.29) is 18.5 Å². The van der Waals surface area contributed by atoms with Crippen molar-refractivity contribution in [2.24, 2.45) is 0 Å². The average Bonchev–Trinajstić information content (AvgIpc) is 3.37. The smallest absolute Gasteiger partial charge is 0.305 e. The summed E-state index contributed by atoms with van der Waals surface area (Å²) < 4.78 is 16.7. The van der Waals surface area contributed by atoms with Crippen LogP contribution in [0.3, 0.4) is 0 Å². The summed E-state index contributed by atoms with van der Waals surface area (Å²) >= 11 is 0. The fraction of sp³-hybridized carbons (Fsp3) is 0.900. The van der Waals surface area contributed by atoms with Gasteiger partial charge >= 0.3 is 5.97 Å². The van der Waals surface area contributed by atoms with Gasteiger partial charge in [-0.05, 0) is 57.8 Å². The quantitative estimate of drug-likeness (QED) is 0.0195. The van der Waals surface area contributed by atoms with Crippen LogP contribution in [0.4, 0.5) is 0 Å². The van der Waals surface area contributed by atoms with Gasteiger partial charge in [0.25, 0.3) is 0 Å². The lowest BCUT2D eigenvalue weighted by Crippen LogP contribution is -2.60. The second kappa shape index (κ2) is 50.3. The van der Waals surface area contributed by atoms with Crippen molar-refractivity contribution in [3.8, 4) is 0 Å². The van der Waals surface area contributed by atoms with E-state index >= 15 is 0 Å². The number of rotatable bonds is 52. The van der Waals surface area contributed by atoms with E-state index in [4.69, 9.17) is 14.2 Å². The van der Waals surface area contributed by atoms with E-state index in [1.165, 1.54) is 180 Å². The predicted molar refractivity (Wildman–Crippen MR) is 292 cm³/mol. The molecule has 71 heavy (non-hydrogen) atoms. The maximum atomic E-state index is 13.0. The molecule has 1 amide bonds. The molecule has 1 saturated heterocycles. The van der Waals surface area contributed by atoms with Gasteiger partial charge in [0.1, 0.15) is 24.4 Å². The third-order valence-corrected chi connectivity index (χ3v) is 14.3. The van der Waals surface area contributed by atoms with Gasteiger partial charge in [-0.2, -0.15) is 0 Å². The van der Waals surface area contributed by atoms with Crippen molar-refractivity contribution >= 4 is 11.9 Å². The molecule has 0 radical (unpaired) electrons. The fourth-order valence-corrected chi connectivity index (χ4v) is 9.49. The number of esters is 1. The van der Waals surface area contributed by atoms with Crippen LogP contribution in [0.5, 0.6) is 0 Å². The molecular weight excluding hydrogens is 895 g/mol. The van der Waals surface area contributed by atoms with E-state index in [1.807, 2.05) is 6.08 Å². The first kappa shape index (κ1) is 67.2. The molecule has 0 saturated carbocycles. The van der Waals surface area contributed by atoms with Crippen LogP contribution in [-0.2, 0) is 23.8 Å². The molecule has 1 heterocycles. The molecule has 11 nitrogen and oxygen atoms in total. The van der Waals surface area contributed by atoms with Crippen LogP contribution in [0.2, 0.25) is 0 Å². The summed E-state index contributed by atoms with van der Waals surface area (Å²) in [6.07, 6.45) is 50.0. The highest BCUT2D eigenvalue weighted by atomic mass is 16.7. The summed E-state index contributed by atoms with van der Waals surface area (Å²) in [7, 11) is 0. The molecule has 1 aliphatic rings. The zero-order valence-electron chi connectivity index (χ0n) is 45.9. The van der Waals surface area contributed by atoms with E-state index in [9.17, 15) is 35.1 Å². The molecule has 0 spiro atoms. The van der Waals surface area contributed by atoms with Gasteiger partial charge < -0.3 is 45.1 Å². The Bertz CT molecular complexity index is 1230. The lowest BCUT2D eigenvalue weighted by Gasteiger charge is -2.40. The monoisotopic (exact) mass is 1010 g/mol. The molecule has 0 aromatic carbocycles. The van der Waals surface area contributed by atoms with E-state index in [0.29, 0.717) is 19.4 Å². The van der Waals surface area contributed by atoms with Gasteiger partial charge in [0.15, 0.2) is 6.29 Å². The zero-order valence-corrected chi connectivity index (χ0v) is 45.9. The van der Waals surface area contributed by atoms with Gasteiger partial charge in [0, 0.05) is 12.8 Å². The van der Waals surface area contributed by atoms with Gasteiger partial charge in [-0.15, -0.1) is 0 Å². The molecule has 7 unspecified atom stereocenters. The Morgan fingerprint density at radius 1 is 0.507 bits per heavy atom. The Hall–Kier alpha value is -1.86. The molecule has 7 atom stereocenters. The number of amides is 1. The number of ether oxygens (including phenoxy) is 3. The Balaban J connectivity index is 2.02. The highest BCUT2D eigenvalue weighted by Crippen LogP contribution is 2.23. The number of aliphatic hydroxyl groups excluding tert-OH is 5. The minimum Gasteiger partial charge on any atom is -0.466 e. The lowest BCUT2D eigenvalue weighted by atomic mass is 9.99. The van der Waals surface area contributed by atoms with Crippen LogP contribution in [0.1, 0.15) is 284 Å². The summed E-state index contributed by atoms with van der Waals surface area (Å²) in [5.41, 5.74) is 0. The van der Waals surface area contributed by atoms with Crippen molar-refractivity contribution in [2.45, 2.75) is 326 Å². The minimum atomic E-state index is -1.57. The number of aliphatic hydroxyl groups is 5. The van der Waals surface area contributed by atoms with Crippen molar-refractivity contribution in [2.75, 3.05) is 19.8 Å². The van der Waals surface area contributed by atoms with Crippen LogP contribution in [0, 0.1) is 0 Å². The largest absolute Gasteiger partial charge is 0.466 e. The van der Waals surface area contributed by atoms with Crippen molar-refractivity contribution in [1.29, 1.82) is 0 Å². The second-order valence-corrected chi connectivity index (χ2v) is 21.1. The van der Waals surface area contributed by atoms with Crippen LogP contribution < -0.4 is 5.32 Å². The van der Waals surface area contributed by atoms with Gasteiger partial charge in [-0.25, -0.2) is 0 Å². The third kappa shape index (κ3) is 40.2. The van der Waals surface area contributed by atoms with E-state index in [2.05, 4.69) is 31.3 Å². The first-order chi connectivity index (χ1) is 34.7. The number of nitrogens with one attached hydrogen (secondary N) is 1. The fourth-order valence-electron chi connectivity index (χ4n) is 9.49. The molecule has 1 rings (SSSR count). The maximum Gasteiger partial charge on any atom is 0.305 e. The standard InChI is InChI=1S/C60H113NO10/c1-3-5-7-9-11-13-14-24-28-32-36-40-44-48-56(65)69-49-45-41-37-33-29-26-23-21-19-17-15-16-18-20-22-25-27-31-35-39-43-47-55(64)61-52(53(63)46-42-38-34-30-12-10-8-6-4-2)51-70-60-59(68)58(67)57(66)54(50-62)71-60/h16,18,42,46,52-54,57-60,62-63,66-68H,3-15,17,19-41,43-45,47-51H2,1-2H3,(H,61,64)/b18-16-,46-42+. The lowest BCUT2D eigenvalue weighted by molar-refractivity contribution is -0.302. The number of carbonyl (C=O) groups is 2. The Kier molecular flexibility index (Phi) is 47.6. The van der Waals surface area contributed by atoms with Gasteiger partial charge in [-0.1, -0.05) is 237 Å². The number of allylic oxidation sites excluding steroid dienone is 3. The van der Waals surface area contributed by atoms with E-state index in [1.54, 1.807) is 6.08 Å². The average molecular weight is 1010 g/mol. The maximum absolute atomic E-state index is 13.0. The molecule has 6 N–H and O–H groups in total. The van der Waals surface area contributed by atoms with Crippen LogP contribution in [-0.4, -0.2) is 100 Å². The Labute approximate surface area is 435 Å². The van der Waals surface area contributed by atoms with Crippen molar-refractivity contribution < 1.29 is 49.3 Å². The zero-order chi connectivity index (χ0) is 51.7. The Morgan fingerprint density at radius 3 is 1.35 bits per heavy atom. The summed E-state index contributed by atoms with van der Waals surface area (Å²) in [6.45, 7) is 4.31. The summed E-state index contributed by atoms with van der Waals surface area (Å²) in [4.78, 5) is 25.0. The van der Waals surface area contributed by atoms with Crippen LogP contribution in [0.15, 0.2) is 24.3 Å². The van der Waals surface area contributed by atoms with Crippen molar-refractivity contribution in [3.63, 3.8) is 0 Å². The topological polar surface area (TPSA) is 175 Å². The first-order valence-corrected chi connectivity index (χ1v) is 30.1. The number of hydrogen-bond donors (Lipinski definition) is 6. The normalized spacial score (nSPS) is 19.2. The molecule has 11 heteroatoms. The van der Waals surface area contributed by atoms with E-state index < -0.39 is 49.5 Å². The van der Waals surface area contributed by atoms with Gasteiger partial charge in [-0.3, -0.25) is 9.59 Å². The number of unbranched alkanes of at least 4 members (excludes halogenated alkanes) is 36.